The van der Waals surface area contributed by atoms with Gasteiger partial charge in [0.1, 0.15) is 0 Å². The Morgan fingerprint density at radius 3 is 2.84 bits per heavy atom. The summed E-state index contributed by atoms with van der Waals surface area (Å²) in [5, 5.41) is 13.6. The zero-order valence-electron chi connectivity index (χ0n) is 11.2. The fourth-order valence-corrected chi connectivity index (χ4v) is 2.96. The number of aryl methyl sites for hydroxylation is 2. The summed E-state index contributed by atoms with van der Waals surface area (Å²) in [4.78, 5) is 14.5. The molecule has 3 N–H and O–H groups in total. The molecule has 0 bridgehead atoms. The van der Waals surface area contributed by atoms with Crippen LogP contribution in [0.4, 0.5) is 0 Å². The lowest BCUT2D eigenvalue weighted by molar-refractivity contribution is -0.141. The molecule has 4 nitrogen and oxygen atoms in total. The maximum absolute atomic E-state index is 11.1. The number of hydrogen-bond donors (Lipinski definition) is 3. The lowest BCUT2D eigenvalue weighted by atomic mass is 9.98. The minimum Gasteiger partial charge on any atom is -0.481 e. The molecule has 2 heterocycles. The largest absolute Gasteiger partial charge is 0.481 e. The predicted molar refractivity (Wildman–Crippen MR) is 74.3 cm³/mol. The van der Waals surface area contributed by atoms with E-state index in [1.54, 1.807) is 0 Å². The third-order valence-corrected chi connectivity index (χ3v) is 4.23. The second kappa shape index (κ2) is 4.38. The number of rotatable bonds is 2. The highest BCUT2D eigenvalue weighted by atomic mass is 16.4. The molecule has 0 saturated carbocycles. The van der Waals surface area contributed by atoms with Crippen LogP contribution in [-0.4, -0.2) is 22.6 Å². The van der Waals surface area contributed by atoms with Crippen molar-refractivity contribution in [1.82, 2.24) is 10.3 Å². The van der Waals surface area contributed by atoms with Crippen molar-refractivity contribution in [1.29, 1.82) is 0 Å². The fourth-order valence-electron chi connectivity index (χ4n) is 2.96. The molecular weight excluding hydrogens is 240 g/mol. The summed E-state index contributed by atoms with van der Waals surface area (Å²) in [6.45, 7) is 4.73. The number of aromatic amines is 1. The van der Waals surface area contributed by atoms with E-state index in [0.29, 0.717) is 13.0 Å². The highest BCUT2D eigenvalue weighted by Gasteiger charge is 2.31. The van der Waals surface area contributed by atoms with E-state index in [1.807, 2.05) is 6.07 Å². The van der Waals surface area contributed by atoms with Gasteiger partial charge in [-0.2, -0.15) is 0 Å². The Morgan fingerprint density at radius 2 is 2.16 bits per heavy atom. The van der Waals surface area contributed by atoms with Crippen molar-refractivity contribution in [2.24, 2.45) is 5.92 Å². The number of carboxylic acid groups (broad SMARTS) is 1. The number of nitrogens with one attached hydrogen (secondary N) is 2. The number of carboxylic acids is 1. The highest BCUT2D eigenvalue weighted by molar-refractivity contribution is 5.87. The van der Waals surface area contributed by atoms with Crippen LogP contribution in [0.3, 0.4) is 0 Å². The quantitative estimate of drug-likeness (QED) is 0.775. The number of para-hydroxylation sites is 1. The Hall–Kier alpha value is -1.81. The van der Waals surface area contributed by atoms with Crippen molar-refractivity contribution < 1.29 is 9.90 Å². The van der Waals surface area contributed by atoms with Gasteiger partial charge in [0.05, 0.1) is 11.4 Å². The summed E-state index contributed by atoms with van der Waals surface area (Å²) < 4.78 is 0. The third-order valence-electron chi connectivity index (χ3n) is 4.23. The fraction of sp³-hybridized carbons (Fsp3) is 0.400. The van der Waals surface area contributed by atoms with Gasteiger partial charge in [-0.15, -0.1) is 0 Å². The number of aliphatic carboxylic acids is 1. The van der Waals surface area contributed by atoms with Crippen molar-refractivity contribution in [2.75, 3.05) is 6.54 Å². The van der Waals surface area contributed by atoms with Gasteiger partial charge in [-0.3, -0.25) is 4.79 Å². The average Bonchev–Trinajstić information content (AvgIpc) is 2.96. The minimum absolute atomic E-state index is 0.127. The first-order chi connectivity index (χ1) is 9.08. The van der Waals surface area contributed by atoms with Crippen LogP contribution in [-0.2, 0) is 4.79 Å². The van der Waals surface area contributed by atoms with Crippen LogP contribution in [0.15, 0.2) is 18.2 Å². The Morgan fingerprint density at radius 1 is 1.37 bits per heavy atom. The zero-order chi connectivity index (χ0) is 13.6. The molecule has 2 unspecified atom stereocenters. The summed E-state index contributed by atoms with van der Waals surface area (Å²) in [5.41, 5.74) is 4.76. The lowest BCUT2D eigenvalue weighted by Gasteiger charge is -2.12. The van der Waals surface area contributed by atoms with Crippen molar-refractivity contribution >= 4 is 16.9 Å². The number of H-pyrrole nitrogens is 1. The van der Waals surface area contributed by atoms with E-state index in [-0.39, 0.29) is 12.0 Å². The Balaban J connectivity index is 2.02. The molecule has 2 aromatic rings. The molecule has 3 rings (SSSR count). The number of aromatic nitrogens is 1. The van der Waals surface area contributed by atoms with Gasteiger partial charge < -0.3 is 15.4 Å². The van der Waals surface area contributed by atoms with E-state index in [9.17, 15) is 4.79 Å². The average molecular weight is 258 g/mol. The first-order valence-electron chi connectivity index (χ1n) is 6.62. The van der Waals surface area contributed by atoms with Gasteiger partial charge >= 0.3 is 5.97 Å². The van der Waals surface area contributed by atoms with Crippen molar-refractivity contribution in [3.8, 4) is 0 Å². The molecule has 2 atom stereocenters. The van der Waals surface area contributed by atoms with Gasteiger partial charge in [-0.25, -0.2) is 0 Å². The molecule has 0 radical (unpaired) electrons. The second-order valence-corrected chi connectivity index (χ2v) is 5.38. The van der Waals surface area contributed by atoms with Gasteiger partial charge in [0.2, 0.25) is 0 Å². The molecule has 0 aliphatic carbocycles. The van der Waals surface area contributed by atoms with Gasteiger partial charge in [-0.05, 0) is 31.4 Å². The zero-order valence-corrected chi connectivity index (χ0v) is 11.2. The summed E-state index contributed by atoms with van der Waals surface area (Å²) >= 11 is 0. The summed E-state index contributed by atoms with van der Waals surface area (Å²) in [6.07, 6.45) is 0.658. The maximum Gasteiger partial charge on any atom is 0.307 e. The van der Waals surface area contributed by atoms with Gasteiger partial charge in [0.25, 0.3) is 0 Å². The Kier molecular flexibility index (Phi) is 2.82. The normalized spacial score (nSPS) is 23.1. The molecule has 1 aliphatic heterocycles. The monoisotopic (exact) mass is 258 g/mol. The van der Waals surface area contributed by atoms with Crippen molar-refractivity contribution in [3.63, 3.8) is 0 Å². The van der Waals surface area contributed by atoms with Crippen LogP contribution in [0.5, 0.6) is 0 Å². The molecule has 19 heavy (non-hydrogen) atoms. The van der Waals surface area contributed by atoms with Gasteiger partial charge in [-0.1, -0.05) is 18.2 Å². The standard InChI is InChI=1S/C15H18N2O2/c1-8-9(2)17-14-11(8)4-3-5-12(14)13-6-10(7-16-13)15(18)19/h3-5,10,13,16-17H,6-7H2,1-2H3,(H,18,19). The third kappa shape index (κ3) is 1.92. The summed E-state index contributed by atoms with van der Waals surface area (Å²) in [5.74, 6) is -0.988. The molecule has 4 heteroatoms. The van der Waals surface area contributed by atoms with E-state index < -0.39 is 5.97 Å². The molecule has 0 amide bonds. The van der Waals surface area contributed by atoms with E-state index in [1.165, 1.54) is 22.2 Å². The van der Waals surface area contributed by atoms with Crippen LogP contribution in [0.25, 0.3) is 10.9 Å². The molecular formula is C15H18N2O2. The smallest absolute Gasteiger partial charge is 0.307 e. The van der Waals surface area contributed by atoms with Gasteiger partial charge in [0, 0.05) is 23.7 Å². The molecule has 0 spiro atoms. The van der Waals surface area contributed by atoms with E-state index >= 15 is 0 Å². The van der Waals surface area contributed by atoms with Crippen LogP contribution in [0, 0.1) is 19.8 Å². The van der Waals surface area contributed by atoms with Crippen LogP contribution in [0.1, 0.15) is 29.3 Å². The first-order valence-corrected chi connectivity index (χ1v) is 6.62. The molecule has 1 saturated heterocycles. The summed E-state index contributed by atoms with van der Waals surface area (Å²) in [6, 6.07) is 6.37. The highest BCUT2D eigenvalue weighted by Crippen LogP contribution is 2.33. The Bertz CT molecular complexity index is 645. The summed E-state index contributed by atoms with van der Waals surface area (Å²) in [7, 11) is 0. The Labute approximate surface area is 111 Å². The van der Waals surface area contributed by atoms with E-state index in [0.717, 1.165) is 5.52 Å². The maximum atomic E-state index is 11.1. The second-order valence-electron chi connectivity index (χ2n) is 5.38. The van der Waals surface area contributed by atoms with Crippen LogP contribution < -0.4 is 5.32 Å². The van der Waals surface area contributed by atoms with E-state index in [4.69, 9.17) is 5.11 Å². The van der Waals surface area contributed by atoms with Crippen LogP contribution >= 0.6 is 0 Å². The minimum atomic E-state index is -0.707. The molecule has 1 aromatic carbocycles. The number of hydrogen-bond acceptors (Lipinski definition) is 2. The number of carbonyl (C=O) groups is 1. The molecule has 1 aromatic heterocycles. The first kappa shape index (κ1) is 12.2. The van der Waals surface area contributed by atoms with Crippen molar-refractivity contribution in [3.05, 3.63) is 35.0 Å². The molecule has 1 fully saturated rings. The number of fused-ring (bicyclic) bond motifs is 1. The predicted octanol–water partition coefficient (Wildman–Crippen LogP) is 2.52. The SMILES string of the molecule is Cc1[nH]c2c(C3CC(C(=O)O)CN3)cccc2c1C. The molecule has 100 valence electrons. The van der Waals surface area contributed by atoms with Gasteiger partial charge in [0.15, 0.2) is 0 Å². The lowest BCUT2D eigenvalue weighted by Crippen LogP contribution is -2.17. The van der Waals surface area contributed by atoms with E-state index in [2.05, 4.69) is 36.3 Å². The molecule has 1 aliphatic rings. The van der Waals surface area contributed by atoms with Crippen molar-refractivity contribution in [2.45, 2.75) is 26.3 Å². The van der Waals surface area contributed by atoms with Crippen LogP contribution in [0.2, 0.25) is 0 Å². The number of benzene rings is 1. The topological polar surface area (TPSA) is 65.1 Å².